The van der Waals surface area contributed by atoms with Crippen LogP contribution in [0.15, 0.2) is 24.3 Å². The molecule has 0 spiro atoms. The van der Waals surface area contributed by atoms with Gasteiger partial charge in [0.25, 0.3) is 0 Å². The van der Waals surface area contributed by atoms with Gasteiger partial charge in [0.05, 0.1) is 13.2 Å². The van der Waals surface area contributed by atoms with Crippen LogP contribution in [-0.4, -0.2) is 33.4 Å². The molecule has 0 bridgehead atoms. The van der Waals surface area contributed by atoms with Crippen LogP contribution in [-0.2, 0) is 4.74 Å². The molecule has 15 heavy (non-hydrogen) atoms. The molecule has 4 heteroatoms. The smallest absolute Gasteiger partial charge is 0.125 e. The Bertz CT molecular complexity index is 294. The molecular formula is C11H17FN2O. The predicted molar refractivity (Wildman–Crippen MR) is 59.5 cm³/mol. The minimum absolute atomic E-state index is 0.220. The van der Waals surface area contributed by atoms with Gasteiger partial charge in [0, 0.05) is 25.8 Å². The van der Waals surface area contributed by atoms with Gasteiger partial charge in [-0.25, -0.2) is 4.39 Å². The number of nitrogens with two attached hydrogens (primary N) is 1. The lowest BCUT2D eigenvalue weighted by atomic mass is 10.3. The first-order valence-corrected chi connectivity index (χ1v) is 4.98. The summed E-state index contributed by atoms with van der Waals surface area (Å²) < 4.78 is 18.1. The third kappa shape index (κ3) is 4.27. The van der Waals surface area contributed by atoms with Gasteiger partial charge in [-0.1, -0.05) is 6.07 Å². The van der Waals surface area contributed by atoms with Gasteiger partial charge >= 0.3 is 0 Å². The molecule has 0 atom stereocenters. The second kappa shape index (κ2) is 6.37. The standard InChI is InChI=1S/C11H17FN2O/c1-14(6-8-15-7-5-13)11-4-2-3-10(12)9-11/h2-4,9H,5-8,13H2,1H3. The normalized spacial score (nSPS) is 10.3. The van der Waals surface area contributed by atoms with Gasteiger partial charge in [-0.2, -0.15) is 0 Å². The summed E-state index contributed by atoms with van der Waals surface area (Å²) in [5, 5.41) is 0. The van der Waals surface area contributed by atoms with Crippen LogP contribution in [0.4, 0.5) is 10.1 Å². The molecule has 1 aromatic rings. The molecule has 0 aromatic heterocycles. The lowest BCUT2D eigenvalue weighted by molar-refractivity contribution is 0.148. The number of hydrogen-bond acceptors (Lipinski definition) is 3. The molecule has 84 valence electrons. The number of rotatable bonds is 6. The Balaban J connectivity index is 2.36. The lowest BCUT2D eigenvalue weighted by Crippen LogP contribution is -2.23. The van der Waals surface area contributed by atoms with E-state index in [0.717, 1.165) is 12.2 Å². The molecule has 0 saturated carbocycles. The van der Waals surface area contributed by atoms with E-state index in [4.69, 9.17) is 10.5 Å². The van der Waals surface area contributed by atoms with E-state index in [1.165, 1.54) is 12.1 Å². The number of nitrogens with zero attached hydrogens (tertiary/aromatic N) is 1. The number of likely N-dealkylation sites (N-methyl/N-ethyl adjacent to an activating group) is 1. The van der Waals surface area contributed by atoms with Crippen LogP contribution in [0.2, 0.25) is 0 Å². The molecule has 0 saturated heterocycles. The van der Waals surface area contributed by atoms with Crippen molar-refractivity contribution < 1.29 is 9.13 Å². The third-order valence-electron chi connectivity index (χ3n) is 2.08. The van der Waals surface area contributed by atoms with Crippen molar-refractivity contribution in [3.8, 4) is 0 Å². The molecule has 0 unspecified atom stereocenters. The highest BCUT2D eigenvalue weighted by molar-refractivity contribution is 5.45. The number of benzene rings is 1. The fraction of sp³-hybridized carbons (Fsp3) is 0.455. The Kier molecular flexibility index (Phi) is 5.07. The fourth-order valence-corrected chi connectivity index (χ4v) is 1.23. The van der Waals surface area contributed by atoms with E-state index >= 15 is 0 Å². The molecular weight excluding hydrogens is 195 g/mol. The molecule has 0 amide bonds. The summed E-state index contributed by atoms with van der Waals surface area (Å²) in [6.07, 6.45) is 0. The summed E-state index contributed by atoms with van der Waals surface area (Å²) in [5.41, 5.74) is 6.14. The second-order valence-electron chi connectivity index (χ2n) is 3.30. The molecule has 0 aliphatic carbocycles. The summed E-state index contributed by atoms with van der Waals surface area (Å²) in [6, 6.07) is 6.50. The van der Waals surface area contributed by atoms with Crippen molar-refractivity contribution in [2.75, 3.05) is 38.3 Å². The third-order valence-corrected chi connectivity index (χ3v) is 2.08. The maximum Gasteiger partial charge on any atom is 0.125 e. The Labute approximate surface area is 89.6 Å². The number of hydrogen-bond donors (Lipinski definition) is 1. The van der Waals surface area contributed by atoms with Crippen molar-refractivity contribution in [3.63, 3.8) is 0 Å². The summed E-state index contributed by atoms with van der Waals surface area (Å²) in [5.74, 6) is -0.220. The number of halogens is 1. The molecule has 0 radical (unpaired) electrons. The van der Waals surface area contributed by atoms with Crippen LogP contribution < -0.4 is 10.6 Å². The average Bonchev–Trinajstić information content (AvgIpc) is 2.24. The van der Waals surface area contributed by atoms with E-state index < -0.39 is 0 Å². The Morgan fingerprint density at radius 1 is 1.40 bits per heavy atom. The van der Waals surface area contributed by atoms with Crippen molar-refractivity contribution in [2.24, 2.45) is 5.73 Å². The van der Waals surface area contributed by atoms with E-state index in [1.54, 1.807) is 6.07 Å². The van der Waals surface area contributed by atoms with Crippen LogP contribution >= 0.6 is 0 Å². The van der Waals surface area contributed by atoms with Gasteiger partial charge in [0.1, 0.15) is 5.82 Å². The van der Waals surface area contributed by atoms with Gasteiger partial charge < -0.3 is 15.4 Å². The summed E-state index contributed by atoms with van der Waals surface area (Å²) in [6.45, 7) is 2.42. The van der Waals surface area contributed by atoms with Gasteiger partial charge in [-0.3, -0.25) is 0 Å². The van der Waals surface area contributed by atoms with E-state index in [9.17, 15) is 4.39 Å². The van der Waals surface area contributed by atoms with E-state index in [1.807, 2.05) is 18.0 Å². The van der Waals surface area contributed by atoms with Crippen LogP contribution in [0.25, 0.3) is 0 Å². The molecule has 1 rings (SSSR count). The maximum atomic E-state index is 12.9. The quantitative estimate of drug-likeness (QED) is 0.721. The molecule has 0 aliphatic heterocycles. The van der Waals surface area contributed by atoms with Crippen LogP contribution in [0.3, 0.4) is 0 Å². The minimum Gasteiger partial charge on any atom is -0.378 e. The van der Waals surface area contributed by atoms with Crippen molar-refractivity contribution in [3.05, 3.63) is 30.1 Å². The summed E-state index contributed by atoms with van der Waals surface area (Å²) in [7, 11) is 1.90. The average molecular weight is 212 g/mol. The van der Waals surface area contributed by atoms with Crippen LogP contribution in [0.1, 0.15) is 0 Å². The monoisotopic (exact) mass is 212 g/mol. The molecule has 2 N–H and O–H groups in total. The molecule has 3 nitrogen and oxygen atoms in total. The first-order chi connectivity index (χ1) is 7.24. The Hall–Kier alpha value is -1.13. The van der Waals surface area contributed by atoms with Crippen LogP contribution in [0.5, 0.6) is 0 Å². The highest BCUT2D eigenvalue weighted by Crippen LogP contribution is 2.13. The van der Waals surface area contributed by atoms with E-state index in [-0.39, 0.29) is 5.82 Å². The fourth-order valence-electron chi connectivity index (χ4n) is 1.23. The zero-order valence-corrected chi connectivity index (χ0v) is 8.95. The Morgan fingerprint density at radius 3 is 2.87 bits per heavy atom. The Morgan fingerprint density at radius 2 is 2.20 bits per heavy atom. The van der Waals surface area contributed by atoms with E-state index in [0.29, 0.717) is 19.8 Å². The minimum atomic E-state index is -0.220. The topological polar surface area (TPSA) is 38.5 Å². The van der Waals surface area contributed by atoms with Crippen molar-refractivity contribution in [1.29, 1.82) is 0 Å². The number of anilines is 1. The zero-order valence-electron chi connectivity index (χ0n) is 8.95. The molecule has 1 aromatic carbocycles. The summed E-state index contributed by atoms with van der Waals surface area (Å²) in [4.78, 5) is 1.94. The van der Waals surface area contributed by atoms with Gasteiger partial charge in [-0.15, -0.1) is 0 Å². The lowest BCUT2D eigenvalue weighted by Gasteiger charge is -2.19. The maximum absolute atomic E-state index is 12.9. The van der Waals surface area contributed by atoms with E-state index in [2.05, 4.69) is 0 Å². The van der Waals surface area contributed by atoms with Crippen molar-refractivity contribution in [2.45, 2.75) is 0 Å². The van der Waals surface area contributed by atoms with Gasteiger partial charge in [-0.05, 0) is 18.2 Å². The molecule has 0 aliphatic rings. The first-order valence-electron chi connectivity index (χ1n) is 4.98. The highest BCUT2D eigenvalue weighted by Gasteiger charge is 2.01. The first kappa shape index (κ1) is 11.9. The molecule has 0 heterocycles. The SMILES string of the molecule is CN(CCOCCN)c1cccc(F)c1. The van der Waals surface area contributed by atoms with Gasteiger partial charge in [0.15, 0.2) is 0 Å². The number of ether oxygens (including phenoxy) is 1. The zero-order chi connectivity index (χ0) is 11.1. The van der Waals surface area contributed by atoms with Gasteiger partial charge in [0.2, 0.25) is 0 Å². The van der Waals surface area contributed by atoms with Crippen LogP contribution in [0, 0.1) is 5.82 Å². The van der Waals surface area contributed by atoms with Crippen molar-refractivity contribution in [1.82, 2.24) is 0 Å². The molecule has 0 fully saturated rings. The predicted octanol–water partition coefficient (Wildman–Crippen LogP) is 1.24. The van der Waals surface area contributed by atoms with Crippen molar-refractivity contribution >= 4 is 5.69 Å². The highest BCUT2D eigenvalue weighted by atomic mass is 19.1. The largest absolute Gasteiger partial charge is 0.378 e. The second-order valence-corrected chi connectivity index (χ2v) is 3.30. The summed E-state index contributed by atoms with van der Waals surface area (Å²) >= 11 is 0.